The molecule has 7 nitrogen and oxygen atoms in total. The summed E-state index contributed by atoms with van der Waals surface area (Å²) in [4.78, 5) is 27.4. The minimum absolute atomic E-state index is 0.0113. The second kappa shape index (κ2) is 8.69. The second-order valence-electron chi connectivity index (χ2n) is 8.19. The maximum atomic E-state index is 12.9. The molecule has 1 aliphatic heterocycles. The van der Waals surface area contributed by atoms with E-state index in [1.807, 2.05) is 19.1 Å². The van der Waals surface area contributed by atoms with Crippen LogP contribution in [0.5, 0.6) is 0 Å². The van der Waals surface area contributed by atoms with Crippen LogP contribution in [0.3, 0.4) is 0 Å². The lowest BCUT2D eigenvalue weighted by molar-refractivity contribution is -0.385. The number of amides is 1. The quantitative estimate of drug-likeness (QED) is 0.401. The Kier molecular flexibility index (Phi) is 5.98. The third-order valence-corrected chi connectivity index (χ3v) is 6.14. The van der Waals surface area contributed by atoms with Crippen LogP contribution in [-0.4, -0.2) is 34.6 Å². The highest BCUT2D eigenvalue weighted by Gasteiger charge is 2.32. The van der Waals surface area contributed by atoms with Gasteiger partial charge in [-0.05, 0) is 43.5 Å². The van der Waals surface area contributed by atoms with Gasteiger partial charge in [-0.2, -0.15) is 0 Å². The molecule has 8 heteroatoms. The average molecular weight is 442 g/mol. The Hall–Kier alpha value is -2.90. The van der Waals surface area contributed by atoms with Crippen molar-refractivity contribution in [3.8, 4) is 0 Å². The molecule has 0 saturated carbocycles. The smallest absolute Gasteiger partial charge is 0.273 e. The third-order valence-electron chi connectivity index (χ3n) is 5.91. The first-order valence-corrected chi connectivity index (χ1v) is 10.6. The summed E-state index contributed by atoms with van der Waals surface area (Å²) in [7, 11) is 0. The van der Waals surface area contributed by atoms with E-state index >= 15 is 0 Å². The van der Waals surface area contributed by atoms with Crippen molar-refractivity contribution in [2.75, 3.05) is 13.2 Å². The van der Waals surface area contributed by atoms with Gasteiger partial charge in [0.2, 0.25) is 5.91 Å². The van der Waals surface area contributed by atoms with Gasteiger partial charge in [-0.3, -0.25) is 14.9 Å². The molecule has 2 N–H and O–H groups in total. The monoisotopic (exact) mass is 441 g/mol. The predicted octanol–water partition coefficient (Wildman–Crippen LogP) is 4.94. The van der Waals surface area contributed by atoms with E-state index in [0.29, 0.717) is 23.7 Å². The second-order valence-corrected chi connectivity index (χ2v) is 8.62. The summed E-state index contributed by atoms with van der Waals surface area (Å²) in [6.45, 7) is 3.10. The zero-order chi connectivity index (χ0) is 22.0. The van der Waals surface area contributed by atoms with E-state index in [2.05, 4.69) is 10.3 Å². The first kappa shape index (κ1) is 21.3. The number of aromatic amines is 1. The standard InChI is InChI=1S/C23H24ClN3O4/c1-23(9-4-10-31-23)14-26-22(28)12-17(16-5-2-3-6-21(16)27(29)30)19-13-25-20-8-7-15(24)11-18(19)20/h2-3,5-8,11,13,17,25H,4,9-10,12,14H2,1H3,(H,26,28). The number of nitro groups is 1. The van der Waals surface area contributed by atoms with E-state index in [-0.39, 0.29) is 23.6 Å². The van der Waals surface area contributed by atoms with Crippen molar-refractivity contribution in [2.45, 2.75) is 37.7 Å². The Labute approximate surface area is 184 Å². The van der Waals surface area contributed by atoms with Crippen LogP contribution in [0.1, 0.15) is 43.2 Å². The molecule has 3 aromatic rings. The average Bonchev–Trinajstić information content (AvgIpc) is 3.37. The fourth-order valence-electron chi connectivity index (χ4n) is 4.26. The molecule has 2 atom stereocenters. The minimum Gasteiger partial charge on any atom is -0.373 e. The van der Waals surface area contributed by atoms with Crippen molar-refractivity contribution in [3.05, 3.63) is 74.9 Å². The van der Waals surface area contributed by atoms with E-state index < -0.39 is 10.8 Å². The molecule has 1 aliphatic rings. The van der Waals surface area contributed by atoms with Crippen LogP contribution in [0, 0.1) is 10.1 Å². The molecule has 162 valence electrons. The molecule has 31 heavy (non-hydrogen) atoms. The molecule has 0 bridgehead atoms. The molecule has 2 unspecified atom stereocenters. The van der Waals surface area contributed by atoms with Crippen LogP contribution in [0.2, 0.25) is 5.02 Å². The molecule has 0 spiro atoms. The number of nitro benzene ring substituents is 1. The molecule has 1 fully saturated rings. The van der Waals surface area contributed by atoms with Gasteiger partial charge in [0.15, 0.2) is 0 Å². The fraction of sp³-hybridized carbons (Fsp3) is 0.348. The number of hydrogen-bond acceptors (Lipinski definition) is 4. The number of hydrogen-bond donors (Lipinski definition) is 2. The number of benzene rings is 2. The van der Waals surface area contributed by atoms with Gasteiger partial charge in [0.05, 0.1) is 10.5 Å². The van der Waals surface area contributed by atoms with Crippen molar-refractivity contribution in [1.82, 2.24) is 10.3 Å². The maximum Gasteiger partial charge on any atom is 0.273 e. The number of rotatable bonds is 7. The summed E-state index contributed by atoms with van der Waals surface area (Å²) in [6.07, 6.45) is 3.74. The van der Waals surface area contributed by atoms with Gasteiger partial charge in [-0.25, -0.2) is 0 Å². The van der Waals surface area contributed by atoms with Gasteiger partial charge < -0.3 is 15.0 Å². The summed E-state index contributed by atoms with van der Waals surface area (Å²) in [5.74, 6) is -0.692. The first-order valence-electron chi connectivity index (χ1n) is 10.3. The van der Waals surface area contributed by atoms with Gasteiger partial charge in [0, 0.05) is 59.2 Å². The van der Waals surface area contributed by atoms with E-state index in [4.69, 9.17) is 16.3 Å². The molecule has 4 rings (SSSR count). The van der Waals surface area contributed by atoms with Crippen molar-refractivity contribution in [2.24, 2.45) is 0 Å². The van der Waals surface area contributed by atoms with Crippen LogP contribution in [0.25, 0.3) is 10.9 Å². The molecule has 2 aromatic carbocycles. The van der Waals surface area contributed by atoms with Crippen LogP contribution in [0.4, 0.5) is 5.69 Å². The van der Waals surface area contributed by atoms with Gasteiger partial charge in [-0.1, -0.05) is 29.8 Å². The van der Waals surface area contributed by atoms with E-state index in [9.17, 15) is 14.9 Å². The van der Waals surface area contributed by atoms with E-state index in [1.54, 1.807) is 30.5 Å². The Morgan fingerprint density at radius 3 is 2.87 bits per heavy atom. The maximum absolute atomic E-state index is 12.9. The minimum atomic E-state index is -0.508. The number of nitrogens with zero attached hydrogens (tertiary/aromatic N) is 1. The predicted molar refractivity (Wildman–Crippen MR) is 119 cm³/mol. The molecule has 1 amide bonds. The van der Waals surface area contributed by atoms with Crippen LogP contribution < -0.4 is 5.32 Å². The Morgan fingerprint density at radius 1 is 1.32 bits per heavy atom. The molecule has 2 heterocycles. The Morgan fingerprint density at radius 2 is 2.13 bits per heavy atom. The number of H-pyrrole nitrogens is 1. The number of carbonyl (C=O) groups excluding carboxylic acids is 1. The highest BCUT2D eigenvalue weighted by molar-refractivity contribution is 6.31. The van der Waals surface area contributed by atoms with Crippen molar-refractivity contribution >= 4 is 34.1 Å². The number of para-hydroxylation sites is 1. The SMILES string of the molecule is CC1(CNC(=O)CC(c2ccccc2[N+](=O)[O-])c2c[nH]c3ccc(Cl)cc23)CCCO1. The summed E-state index contributed by atoms with van der Waals surface area (Å²) < 4.78 is 5.75. The molecule has 0 radical (unpaired) electrons. The van der Waals surface area contributed by atoms with Crippen molar-refractivity contribution < 1.29 is 14.5 Å². The lowest BCUT2D eigenvalue weighted by Gasteiger charge is -2.24. The van der Waals surface area contributed by atoms with E-state index in [1.165, 1.54) is 6.07 Å². The van der Waals surface area contributed by atoms with Crippen LogP contribution in [-0.2, 0) is 9.53 Å². The summed E-state index contributed by atoms with van der Waals surface area (Å²) >= 11 is 6.21. The lowest BCUT2D eigenvalue weighted by Crippen LogP contribution is -2.40. The molecule has 0 aliphatic carbocycles. The molecular formula is C23H24ClN3O4. The molecule has 1 aromatic heterocycles. The fourth-order valence-corrected chi connectivity index (χ4v) is 4.43. The summed E-state index contributed by atoms with van der Waals surface area (Å²) in [6, 6.07) is 12.0. The van der Waals surface area contributed by atoms with Crippen LogP contribution in [0.15, 0.2) is 48.7 Å². The largest absolute Gasteiger partial charge is 0.373 e. The third kappa shape index (κ3) is 4.57. The number of aromatic nitrogens is 1. The van der Waals surface area contributed by atoms with Crippen molar-refractivity contribution in [3.63, 3.8) is 0 Å². The molecular weight excluding hydrogens is 418 g/mol. The number of halogens is 1. The van der Waals surface area contributed by atoms with E-state index in [0.717, 1.165) is 29.3 Å². The number of nitrogens with one attached hydrogen (secondary N) is 2. The number of fused-ring (bicyclic) bond motifs is 1. The van der Waals surface area contributed by atoms with Gasteiger partial charge in [0.1, 0.15) is 0 Å². The van der Waals surface area contributed by atoms with Gasteiger partial charge in [0.25, 0.3) is 5.69 Å². The summed E-state index contributed by atoms with van der Waals surface area (Å²) in [5, 5.41) is 16.1. The Balaban J connectivity index is 1.68. The normalized spacial score (nSPS) is 19.4. The topological polar surface area (TPSA) is 97.3 Å². The highest BCUT2D eigenvalue weighted by atomic mass is 35.5. The van der Waals surface area contributed by atoms with Crippen molar-refractivity contribution in [1.29, 1.82) is 0 Å². The number of ether oxygens (including phenoxy) is 1. The zero-order valence-corrected chi connectivity index (χ0v) is 17.9. The van der Waals surface area contributed by atoms with Gasteiger partial charge in [-0.15, -0.1) is 0 Å². The van der Waals surface area contributed by atoms with Gasteiger partial charge >= 0.3 is 0 Å². The number of carbonyl (C=O) groups is 1. The first-order chi connectivity index (χ1) is 14.9. The zero-order valence-electron chi connectivity index (χ0n) is 17.2. The highest BCUT2D eigenvalue weighted by Crippen LogP contribution is 2.38. The lowest BCUT2D eigenvalue weighted by atomic mass is 9.87. The summed E-state index contributed by atoms with van der Waals surface area (Å²) in [5.41, 5.74) is 1.77. The Bertz CT molecular complexity index is 1120. The van der Waals surface area contributed by atoms with Crippen LogP contribution >= 0.6 is 11.6 Å². The molecule has 1 saturated heterocycles.